The molecule has 0 spiro atoms. The molecule has 110 valence electrons. The van der Waals surface area contributed by atoms with Crippen molar-refractivity contribution in [1.82, 2.24) is 0 Å². The third-order valence-corrected chi connectivity index (χ3v) is 5.35. The van der Waals surface area contributed by atoms with Gasteiger partial charge in [0.1, 0.15) is 6.10 Å². The van der Waals surface area contributed by atoms with Crippen LogP contribution in [0.3, 0.4) is 0 Å². The van der Waals surface area contributed by atoms with Crippen LogP contribution in [0.4, 0.5) is 0 Å². The summed E-state index contributed by atoms with van der Waals surface area (Å²) in [7, 11) is 0. The summed E-state index contributed by atoms with van der Waals surface area (Å²) in [4.78, 5) is 12.4. The highest BCUT2D eigenvalue weighted by molar-refractivity contribution is 5.78. The molecule has 0 amide bonds. The van der Waals surface area contributed by atoms with Gasteiger partial charge in [0.25, 0.3) is 0 Å². The van der Waals surface area contributed by atoms with Gasteiger partial charge >= 0.3 is 5.97 Å². The van der Waals surface area contributed by atoms with E-state index >= 15 is 0 Å². The van der Waals surface area contributed by atoms with E-state index in [-0.39, 0.29) is 17.5 Å². The number of rotatable bonds is 4. The van der Waals surface area contributed by atoms with E-state index in [9.17, 15) is 4.79 Å². The molecule has 3 atom stereocenters. The molecule has 0 aromatic carbocycles. The zero-order valence-electron chi connectivity index (χ0n) is 12.7. The fourth-order valence-corrected chi connectivity index (χ4v) is 3.61. The van der Waals surface area contributed by atoms with Crippen molar-refractivity contribution in [3.8, 4) is 0 Å². The van der Waals surface area contributed by atoms with E-state index in [1.807, 2.05) is 0 Å². The normalized spacial score (nSPS) is 33.8. The van der Waals surface area contributed by atoms with Crippen LogP contribution in [0.2, 0.25) is 0 Å². The summed E-state index contributed by atoms with van der Waals surface area (Å²) in [6.07, 6.45) is 6.52. The van der Waals surface area contributed by atoms with E-state index in [0.29, 0.717) is 24.3 Å². The lowest BCUT2D eigenvalue weighted by Crippen LogP contribution is -2.48. The minimum atomic E-state index is -0.345. The van der Waals surface area contributed by atoms with Gasteiger partial charge in [-0.1, -0.05) is 33.6 Å². The summed E-state index contributed by atoms with van der Waals surface area (Å²) in [5.41, 5.74) is 5.45. The average molecular weight is 267 g/mol. The van der Waals surface area contributed by atoms with Gasteiger partial charge in [-0.05, 0) is 43.4 Å². The van der Waals surface area contributed by atoms with Gasteiger partial charge in [0.15, 0.2) is 0 Å². The summed E-state index contributed by atoms with van der Waals surface area (Å²) < 4.78 is 5.91. The topological polar surface area (TPSA) is 52.3 Å². The quantitative estimate of drug-likeness (QED) is 0.796. The van der Waals surface area contributed by atoms with Crippen LogP contribution in [0, 0.1) is 23.2 Å². The molecule has 0 bridgehead atoms. The third-order valence-electron chi connectivity index (χ3n) is 5.35. The molecule has 2 N–H and O–H groups in total. The van der Waals surface area contributed by atoms with Crippen molar-refractivity contribution in [3.63, 3.8) is 0 Å². The Bertz CT molecular complexity index is 317. The van der Waals surface area contributed by atoms with Crippen LogP contribution in [0.15, 0.2) is 0 Å². The minimum absolute atomic E-state index is 0.0222. The number of ether oxygens (including phenoxy) is 1. The predicted molar refractivity (Wildman–Crippen MR) is 76.6 cm³/mol. The van der Waals surface area contributed by atoms with Gasteiger partial charge in [-0.25, -0.2) is 0 Å². The Morgan fingerprint density at radius 2 is 2.05 bits per heavy atom. The molecule has 2 aliphatic carbocycles. The number of nitrogens with two attached hydrogens (primary N) is 1. The Morgan fingerprint density at radius 1 is 1.37 bits per heavy atom. The highest BCUT2D eigenvalue weighted by Gasteiger charge is 2.46. The smallest absolute Gasteiger partial charge is 0.313 e. The van der Waals surface area contributed by atoms with E-state index < -0.39 is 0 Å². The Balaban J connectivity index is 2.00. The first-order valence-corrected chi connectivity index (χ1v) is 7.89. The number of hydrogen-bond acceptors (Lipinski definition) is 3. The van der Waals surface area contributed by atoms with E-state index in [1.165, 1.54) is 12.8 Å². The van der Waals surface area contributed by atoms with Crippen LogP contribution >= 0.6 is 0 Å². The van der Waals surface area contributed by atoms with Crippen LogP contribution in [0.5, 0.6) is 0 Å². The van der Waals surface area contributed by atoms with Crippen LogP contribution < -0.4 is 5.73 Å². The molecular weight excluding hydrogens is 238 g/mol. The zero-order chi connectivity index (χ0) is 14.0. The highest BCUT2D eigenvalue weighted by atomic mass is 16.5. The van der Waals surface area contributed by atoms with Gasteiger partial charge in [0.2, 0.25) is 0 Å². The zero-order valence-corrected chi connectivity index (χ0v) is 12.7. The summed E-state index contributed by atoms with van der Waals surface area (Å²) in [5.74, 6) is 1.75. The summed E-state index contributed by atoms with van der Waals surface area (Å²) >= 11 is 0. The average Bonchev–Trinajstić information content (AvgIpc) is 2.27. The monoisotopic (exact) mass is 267 g/mol. The van der Waals surface area contributed by atoms with Crippen molar-refractivity contribution >= 4 is 5.97 Å². The van der Waals surface area contributed by atoms with Crippen molar-refractivity contribution in [2.45, 2.75) is 65.4 Å². The summed E-state index contributed by atoms with van der Waals surface area (Å²) in [6.45, 7) is 7.19. The summed E-state index contributed by atoms with van der Waals surface area (Å²) in [5, 5.41) is 0. The fourth-order valence-electron chi connectivity index (χ4n) is 3.61. The first kappa shape index (κ1) is 14.8. The summed E-state index contributed by atoms with van der Waals surface area (Å²) in [6, 6.07) is 0. The Hall–Kier alpha value is -0.570. The molecule has 2 aliphatic rings. The second-order valence-corrected chi connectivity index (χ2v) is 7.11. The van der Waals surface area contributed by atoms with E-state index in [1.54, 1.807) is 0 Å². The first-order chi connectivity index (χ1) is 8.98. The molecule has 2 rings (SSSR count). The van der Waals surface area contributed by atoms with Crippen LogP contribution in [-0.2, 0) is 9.53 Å². The Labute approximate surface area is 117 Å². The minimum Gasteiger partial charge on any atom is -0.462 e. The lowest BCUT2D eigenvalue weighted by molar-refractivity contribution is -0.173. The lowest BCUT2D eigenvalue weighted by atomic mass is 9.68. The standard InChI is InChI=1S/C16H29NO2/c1-11(2)13-6-5-12(3)9-14(13)19-15(18)16(10-17)7-4-8-16/h11-14H,4-10,17H2,1-3H3. The van der Waals surface area contributed by atoms with Gasteiger partial charge in [-0.2, -0.15) is 0 Å². The molecular formula is C16H29NO2. The molecule has 3 heteroatoms. The van der Waals surface area contributed by atoms with Gasteiger partial charge in [-0.15, -0.1) is 0 Å². The van der Waals surface area contributed by atoms with Crippen LogP contribution in [-0.4, -0.2) is 18.6 Å². The molecule has 2 saturated carbocycles. The van der Waals surface area contributed by atoms with Gasteiger partial charge in [-0.3, -0.25) is 4.79 Å². The number of carbonyl (C=O) groups is 1. The Kier molecular flexibility index (Phi) is 4.54. The Morgan fingerprint density at radius 3 is 2.53 bits per heavy atom. The molecule has 2 fully saturated rings. The van der Waals surface area contributed by atoms with Crippen molar-refractivity contribution < 1.29 is 9.53 Å². The maximum Gasteiger partial charge on any atom is 0.313 e. The second-order valence-electron chi connectivity index (χ2n) is 7.11. The van der Waals surface area contributed by atoms with Crippen molar-refractivity contribution in [3.05, 3.63) is 0 Å². The molecule has 0 aromatic rings. The second kappa shape index (κ2) is 5.82. The maximum absolute atomic E-state index is 12.4. The van der Waals surface area contributed by atoms with E-state index in [0.717, 1.165) is 25.7 Å². The largest absolute Gasteiger partial charge is 0.462 e. The van der Waals surface area contributed by atoms with E-state index in [4.69, 9.17) is 10.5 Å². The predicted octanol–water partition coefficient (Wildman–Crippen LogP) is 3.12. The van der Waals surface area contributed by atoms with Crippen molar-refractivity contribution in [1.29, 1.82) is 0 Å². The molecule has 0 aromatic heterocycles. The lowest BCUT2D eigenvalue weighted by Gasteiger charge is -2.42. The van der Waals surface area contributed by atoms with Crippen LogP contribution in [0.25, 0.3) is 0 Å². The van der Waals surface area contributed by atoms with Gasteiger partial charge < -0.3 is 10.5 Å². The van der Waals surface area contributed by atoms with Crippen molar-refractivity contribution in [2.24, 2.45) is 28.9 Å². The molecule has 19 heavy (non-hydrogen) atoms. The molecule has 0 radical (unpaired) electrons. The molecule has 0 saturated heterocycles. The van der Waals surface area contributed by atoms with Crippen LogP contribution in [0.1, 0.15) is 59.3 Å². The SMILES string of the molecule is CC1CCC(C(C)C)C(OC(=O)C2(CN)CCC2)C1. The molecule has 3 unspecified atom stereocenters. The first-order valence-electron chi connectivity index (χ1n) is 7.89. The number of carbonyl (C=O) groups excluding carboxylic acids is 1. The van der Waals surface area contributed by atoms with Crippen molar-refractivity contribution in [2.75, 3.05) is 6.54 Å². The third kappa shape index (κ3) is 2.96. The van der Waals surface area contributed by atoms with Gasteiger partial charge in [0.05, 0.1) is 5.41 Å². The molecule has 0 aliphatic heterocycles. The number of esters is 1. The molecule has 3 nitrogen and oxygen atoms in total. The van der Waals surface area contributed by atoms with Gasteiger partial charge in [0, 0.05) is 6.54 Å². The fraction of sp³-hybridized carbons (Fsp3) is 0.938. The van der Waals surface area contributed by atoms with E-state index in [2.05, 4.69) is 20.8 Å². The number of hydrogen-bond donors (Lipinski definition) is 1. The maximum atomic E-state index is 12.4. The molecule has 0 heterocycles. The highest BCUT2D eigenvalue weighted by Crippen LogP contribution is 2.43.